The Bertz CT molecular complexity index is 951. The average Bonchev–Trinajstić information content (AvgIpc) is 3.19. The van der Waals surface area contributed by atoms with Crippen molar-refractivity contribution in [3.8, 4) is 0 Å². The molecule has 2 amide bonds. The number of hydrogen-bond acceptors (Lipinski definition) is 6. The summed E-state index contributed by atoms with van der Waals surface area (Å²) in [5.41, 5.74) is 6.85. The molecule has 1 aromatic carbocycles. The molecule has 142 valence electrons. The van der Waals surface area contributed by atoms with Crippen molar-refractivity contribution in [3.63, 3.8) is 0 Å². The van der Waals surface area contributed by atoms with Gasteiger partial charge in [-0.25, -0.2) is 4.79 Å². The number of carbonyl (C=O) groups excluding carboxylic acids is 3. The number of benzene rings is 1. The van der Waals surface area contributed by atoms with Crippen LogP contribution in [0.15, 0.2) is 29.2 Å². The lowest BCUT2D eigenvalue weighted by atomic mass is 10.1. The minimum absolute atomic E-state index is 0.152. The zero-order valence-corrected chi connectivity index (χ0v) is 16.2. The quantitative estimate of drug-likeness (QED) is 0.711. The summed E-state index contributed by atoms with van der Waals surface area (Å²) in [5.74, 6) is -1.89. The molecule has 1 aliphatic rings. The second-order valence-corrected chi connectivity index (χ2v) is 8.45. The number of primary amides is 1. The predicted octanol–water partition coefficient (Wildman–Crippen LogP) is 1.87. The van der Waals surface area contributed by atoms with Crippen molar-refractivity contribution in [1.29, 1.82) is 0 Å². The molecule has 0 spiro atoms. The summed E-state index contributed by atoms with van der Waals surface area (Å²) >= 11 is 1.33. The zero-order valence-electron chi connectivity index (χ0n) is 14.6. The SMILES string of the molecule is C[S@@](=O)c1ccccc1C(=O)OCC(=O)Nc1sc2c(c1C(N)=O)CCC2. The first-order chi connectivity index (χ1) is 12.9. The van der Waals surface area contributed by atoms with Crippen molar-refractivity contribution in [2.45, 2.75) is 24.2 Å². The first kappa shape index (κ1) is 19.2. The van der Waals surface area contributed by atoms with Gasteiger partial charge in [0.05, 0.1) is 26.8 Å². The van der Waals surface area contributed by atoms with Gasteiger partial charge >= 0.3 is 5.97 Å². The summed E-state index contributed by atoms with van der Waals surface area (Å²) < 4.78 is 16.7. The minimum Gasteiger partial charge on any atom is -0.452 e. The molecule has 3 rings (SSSR count). The van der Waals surface area contributed by atoms with Crippen LogP contribution in [0.5, 0.6) is 0 Å². The number of rotatable bonds is 6. The van der Waals surface area contributed by atoms with E-state index in [4.69, 9.17) is 10.5 Å². The van der Waals surface area contributed by atoms with E-state index < -0.39 is 35.2 Å². The van der Waals surface area contributed by atoms with Gasteiger partial charge in [-0.3, -0.25) is 13.8 Å². The molecule has 0 saturated carbocycles. The highest BCUT2D eigenvalue weighted by Gasteiger charge is 2.26. The predicted molar refractivity (Wildman–Crippen MR) is 103 cm³/mol. The summed E-state index contributed by atoms with van der Waals surface area (Å²) in [6.45, 7) is -0.524. The molecular weight excluding hydrogens is 388 g/mol. The van der Waals surface area contributed by atoms with E-state index in [1.165, 1.54) is 23.7 Å². The molecule has 1 heterocycles. The Balaban J connectivity index is 1.67. The molecule has 0 unspecified atom stereocenters. The molecule has 1 aromatic heterocycles. The van der Waals surface area contributed by atoms with Gasteiger partial charge in [-0.15, -0.1) is 11.3 Å². The Morgan fingerprint density at radius 2 is 2.00 bits per heavy atom. The van der Waals surface area contributed by atoms with Gasteiger partial charge in [0.25, 0.3) is 11.8 Å². The Morgan fingerprint density at radius 3 is 2.70 bits per heavy atom. The van der Waals surface area contributed by atoms with E-state index in [0.29, 0.717) is 15.5 Å². The largest absolute Gasteiger partial charge is 0.452 e. The first-order valence-electron chi connectivity index (χ1n) is 8.22. The molecule has 1 aliphatic carbocycles. The van der Waals surface area contributed by atoms with Crippen LogP contribution in [0.25, 0.3) is 0 Å². The highest BCUT2D eigenvalue weighted by atomic mass is 32.2. The lowest BCUT2D eigenvalue weighted by Gasteiger charge is -2.09. The number of thiophene rings is 1. The number of ether oxygens (including phenoxy) is 1. The Labute approximate surface area is 162 Å². The van der Waals surface area contributed by atoms with Crippen LogP contribution >= 0.6 is 11.3 Å². The standard InChI is InChI=1S/C18H18N2O5S2/c1-27(24)13-8-3-2-5-11(13)18(23)25-9-14(21)20-17-15(16(19)22)10-6-4-7-12(10)26-17/h2-3,5,8H,4,6-7,9H2,1H3,(H2,19,22)(H,20,21)/t27-/m1/s1. The zero-order chi connectivity index (χ0) is 19.6. The number of anilines is 1. The molecular formula is C18H18N2O5S2. The van der Waals surface area contributed by atoms with Crippen molar-refractivity contribution < 1.29 is 23.3 Å². The number of hydrogen-bond donors (Lipinski definition) is 2. The molecule has 1 atom stereocenters. The smallest absolute Gasteiger partial charge is 0.339 e. The van der Waals surface area contributed by atoms with E-state index in [1.54, 1.807) is 18.2 Å². The van der Waals surface area contributed by atoms with Gasteiger partial charge in [-0.2, -0.15) is 0 Å². The van der Waals surface area contributed by atoms with Crippen LogP contribution in [0.3, 0.4) is 0 Å². The summed E-state index contributed by atoms with van der Waals surface area (Å²) in [6, 6.07) is 6.35. The van der Waals surface area contributed by atoms with Crippen LogP contribution in [0.2, 0.25) is 0 Å². The van der Waals surface area contributed by atoms with E-state index in [2.05, 4.69) is 5.32 Å². The number of aryl methyl sites for hydroxylation is 1. The van der Waals surface area contributed by atoms with Crippen LogP contribution in [0.4, 0.5) is 5.00 Å². The van der Waals surface area contributed by atoms with Gasteiger partial charge in [0.2, 0.25) is 0 Å². The number of nitrogens with two attached hydrogens (primary N) is 1. The third-order valence-electron chi connectivity index (χ3n) is 4.17. The highest BCUT2D eigenvalue weighted by molar-refractivity contribution is 7.84. The Morgan fingerprint density at radius 1 is 1.26 bits per heavy atom. The van der Waals surface area contributed by atoms with Crippen molar-refractivity contribution >= 4 is 44.9 Å². The van der Waals surface area contributed by atoms with Crippen LogP contribution < -0.4 is 11.1 Å². The van der Waals surface area contributed by atoms with Crippen LogP contribution in [-0.4, -0.2) is 34.9 Å². The number of carbonyl (C=O) groups is 3. The van der Waals surface area contributed by atoms with Crippen LogP contribution in [0.1, 0.15) is 37.6 Å². The fourth-order valence-corrected chi connectivity index (χ4v) is 5.05. The molecule has 0 fully saturated rings. The molecule has 0 aliphatic heterocycles. The van der Waals surface area contributed by atoms with Gasteiger partial charge in [0.1, 0.15) is 5.00 Å². The molecule has 0 radical (unpaired) electrons. The number of nitrogens with one attached hydrogen (secondary N) is 1. The maximum atomic E-state index is 12.2. The molecule has 3 N–H and O–H groups in total. The maximum absolute atomic E-state index is 12.2. The minimum atomic E-state index is -1.36. The summed E-state index contributed by atoms with van der Waals surface area (Å²) in [5, 5.41) is 3.00. The topological polar surface area (TPSA) is 116 Å². The lowest BCUT2D eigenvalue weighted by Crippen LogP contribution is -2.23. The summed E-state index contributed by atoms with van der Waals surface area (Å²) in [7, 11) is -1.36. The normalized spacial score (nSPS) is 13.7. The second-order valence-electron chi connectivity index (χ2n) is 6.00. The van der Waals surface area contributed by atoms with Crippen LogP contribution in [0, 0.1) is 0 Å². The lowest BCUT2D eigenvalue weighted by molar-refractivity contribution is -0.119. The molecule has 2 aromatic rings. The van der Waals surface area contributed by atoms with Crippen molar-refractivity contribution in [3.05, 3.63) is 45.8 Å². The van der Waals surface area contributed by atoms with Gasteiger partial charge in [-0.05, 0) is 37.0 Å². The fourth-order valence-electron chi connectivity index (χ4n) is 3.01. The average molecular weight is 406 g/mol. The number of esters is 1. The maximum Gasteiger partial charge on any atom is 0.339 e. The summed E-state index contributed by atoms with van der Waals surface area (Å²) in [6.07, 6.45) is 4.04. The van der Waals surface area contributed by atoms with Gasteiger partial charge in [-0.1, -0.05) is 12.1 Å². The number of fused-ring (bicyclic) bond motifs is 1. The molecule has 27 heavy (non-hydrogen) atoms. The van der Waals surface area contributed by atoms with Gasteiger partial charge in [0.15, 0.2) is 6.61 Å². The second kappa shape index (κ2) is 8.01. The van der Waals surface area contributed by atoms with E-state index in [-0.39, 0.29) is 5.56 Å². The fraction of sp³-hybridized carbons (Fsp3) is 0.278. The van der Waals surface area contributed by atoms with Gasteiger partial charge < -0.3 is 15.8 Å². The first-order valence-corrected chi connectivity index (χ1v) is 10.6. The van der Waals surface area contributed by atoms with Crippen molar-refractivity contribution in [2.75, 3.05) is 18.2 Å². The van der Waals surface area contributed by atoms with E-state index >= 15 is 0 Å². The Kier molecular flexibility index (Phi) is 5.71. The molecule has 0 saturated heterocycles. The van der Waals surface area contributed by atoms with E-state index in [9.17, 15) is 18.6 Å². The van der Waals surface area contributed by atoms with Gasteiger partial charge in [0, 0.05) is 11.1 Å². The third-order valence-corrected chi connectivity index (χ3v) is 6.35. The monoisotopic (exact) mass is 406 g/mol. The molecule has 0 bridgehead atoms. The van der Waals surface area contributed by atoms with Crippen molar-refractivity contribution in [1.82, 2.24) is 0 Å². The summed E-state index contributed by atoms with van der Waals surface area (Å²) in [4.78, 5) is 37.5. The van der Waals surface area contributed by atoms with E-state index in [1.807, 2.05) is 0 Å². The van der Waals surface area contributed by atoms with Crippen LogP contribution in [-0.2, 0) is 33.2 Å². The molecule has 9 heteroatoms. The Hall–Kier alpha value is -2.52. The highest BCUT2D eigenvalue weighted by Crippen LogP contribution is 2.38. The van der Waals surface area contributed by atoms with E-state index in [0.717, 1.165) is 29.7 Å². The van der Waals surface area contributed by atoms with Crippen molar-refractivity contribution in [2.24, 2.45) is 5.73 Å². The third kappa shape index (κ3) is 4.09. The molecule has 7 nitrogen and oxygen atoms in total. The number of amides is 2.